The molecule has 0 saturated carbocycles. The van der Waals surface area contributed by atoms with E-state index >= 15 is 0 Å². The second-order valence-corrected chi connectivity index (χ2v) is 8.47. The van der Waals surface area contributed by atoms with Crippen LogP contribution in [-0.2, 0) is 11.3 Å². The molecule has 3 N–H and O–H groups in total. The number of benzene rings is 1. The first-order chi connectivity index (χ1) is 16.4. The van der Waals surface area contributed by atoms with Crippen LogP contribution in [0.15, 0.2) is 36.2 Å². The average molecular weight is 462 g/mol. The highest BCUT2D eigenvalue weighted by atomic mass is 16.5. The lowest BCUT2D eigenvalue weighted by molar-refractivity contribution is 0.0534. The van der Waals surface area contributed by atoms with E-state index in [0.717, 1.165) is 22.3 Å². The number of piperidine rings is 1. The number of pyridine rings is 1. The summed E-state index contributed by atoms with van der Waals surface area (Å²) in [5.74, 6) is 0.541. The molecule has 34 heavy (non-hydrogen) atoms. The van der Waals surface area contributed by atoms with Crippen LogP contribution in [0.3, 0.4) is 0 Å². The largest absolute Gasteiger partial charge is 0.495 e. The van der Waals surface area contributed by atoms with Gasteiger partial charge in [0.05, 0.1) is 25.0 Å². The highest BCUT2D eigenvalue weighted by Gasteiger charge is 2.33. The van der Waals surface area contributed by atoms with Crippen molar-refractivity contribution >= 4 is 18.0 Å². The smallest absolute Gasteiger partial charge is 0.338 e. The molecule has 1 aromatic carbocycles. The number of hydrogen-bond acceptors (Lipinski definition) is 9. The molecule has 0 amide bonds. The normalized spacial score (nSPS) is 20.3. The minimum Gasteiger partial charge on any atom is -0.495 e. The fraction of sp³-hybridized carbons (Fsp3) is 0.360. The second-order valence-electron chi connectivity index (χ2n) is 8.47. The number of nitrogens with one attached hydrogen (secondary N) is 2. The van der Waals surface area contributed by atoms with Crippen molar-refractivity contribution in [1.29, 1.82) is 10.7 Å². The van der Waals surface area contributed by atoms with Gasteiger partial charge in [0.2, 0.25) is 0 Å². The summed E-state index contributed by atoms with van der Waals surface area (Å²) >= 11 is 0. The van der Waals surface area contributed by atoms with Gasteiger partial charge in [-0.2, -0.15) is 5.26 Å². The Balaban J connectivity index is 1.47. The minimum absolute atomic E-state index is 0.0980. The Kier molecular flexibility index (Phi) is 6.91. The number of fused-ring (bicyclic) bond motifs is 1. The van der Waals surface area contributed by atoms with E-state index in [4.69, 9.17) is 20.1 Å². The Morgan fingerprint density at radius 2 is 2.32 bits per heavy atom. The molecule has 1 fully saturated rings. The van der Waals surface area contributed by atoms with Gasteiger partial charge in [-0.05, 0) is 36.1 Å². The third-order valence-corrected chi connectivity index (χ3v) is 6.47. The quantitative estimate of drug-likeness (QED) is 0.424. The second kappa shape index (κ2) is 10.0. The van der Waals surface area contributed by atoms with Crippen LogP contribution in [-0.4, -0.2) is 60.0 Å². The van der Waals surface area contributed by atoms with Gasteiger partial charge in [-0.3, -0.25) is 4.90 Å². The van der Waals surface area contributed by atoms with E-state index in [1.165, 1.54) is 19.5 Å². The molecule has 3 heterocycles. The van der Waals surface area contributed by atoms with Crippen LogP contribution in [0, 0.1) is 23.7 Å². The molecule has 2 aliphatic rings. The number of methoxy groups -OCH3 is 1. The first kappa shape index (κ1) is 23.4. The Bertz CT molecular complexity index is 1190. The van der Waals surface area contributed by atoms with Crippen LogP contribution < -0.4 is 10.1 Å². The average Bonchev–Trinajstić information content (AvgIpc) is 3.24. The van der Waals surface area contributed by atoms with Gasteiger partial charge < -0.3 is 25.3 Å². The summed E-state index contributed by atoms with van der Waals surface area (Å²) in [6.07, 6.45) is 4.57. The molecule has 2 aromatic rings. The molecule has 4 rings (SSSR count). The Hall–Kier alpha value is -3.74. The van der Waals surface area contributed by atoms with E-state index in [-0.39, 0.29) is 18.5 Å². The summed E-state index contributed by atoms with van der Waals surface area (Å²) < 4.78 is 10.4. The fourth-order valence-corrected chi connectivity index (χ4v) is 4.55. The molecule has 0 spiro atoms. The zero-order chi connectivity index (χ0) is 24.2. The third-order valence-electron chi connectivity index (χ3n) is 6.47. The van der Waals surface area contributed by atoms with Crippen molar-refractivity contribution in [3.8, 4) is 11.8 Å². The van der Waals surface area contributed by atoms with Gasteiger partial charge >= 0.3 is 5.97 Å². The summed E-state index contributed by atoms with van der Waals surface area (Å²) in [5.41, 5.74) is 4.63. The van der Waals surface area contributed by atoms with Gasteiger partial charge in [-0.25, -0.2) is 9.78 Å². The molecule has 1 aromatic heterocycles. The predicted octanol–water partition coefficient (Wildman–Crippen LogP) is 2.74. The van der Waals surface area contributed by atoms with Crippen LogP contribution in [0.2, 0.25) is 0 Å². The maximum Gasteiger partial charge on any atom is 0.338 e. The van der Waals surface area contributed by atoms with Gasteiger partial charge in [0, 0.05) is 49.6 Å². The molecular formula is C25H27N5O4. The number of anilines is 1. The van der Waals surface area contributed by atoms with Crippen molar-refractivity contribution in [3.05, 3.63) is 64.0 Å². The van der Waals surface area contributed by atoms with Gasteiger partial charge in [0.15, 0.2) is 0 Å². The van der Waals surface area contributed by atoms with Crippen molar-refractivity contribution in [2.75, 3.05) is 32.1 Å². The number of likely N-dealkylation sites (tertiary alicyclic amines) is 1. The molecule has 0 radical (unpaired) electrons. The van der Waals surface area contributed by atoms with E-state index in [1.54, 1.807) is 18.3 Å². The lowest BCUT2D eigenvalue weighted by Gasteiger charge is -2.37. The van der Waals surface area contributed by atoms with Crippen molar-refractivity contribution in [1.82, 2.24) is 9.88 Å². The molecule has 9 nitrogen and oxygen atoms in total. The number of aromatic nitrogens is 1. The van der Waals surface area contributed by atoms with Crippen molar-refractivity contribution < 1.29 is 19.4 Å². The number of ether oxygens (including phenoxy) is 2. The van der Waals surface area contributed by atoms with Crippen LogP contribution in [0.1, 0.15) is 45.0 Å². The van der Waals surface area contributed by atoms with Crippen LogP contribution in [0.25, 0.3) is 0 Å². The summed E-state index contributed by atoms with van der Waals surface area (Å²) in [6.45, 7) is 4.12. The summed E-state index contributed by atoms with van der Waals surface area (Å²) in [5, 5.41) is 30.8. The number of nitriles is 1. The molecule has 176 valence electrons. The monoisotopic (exact) mass is 461 g/mol. The number of nitrogens with zero attached hydrogens (tertiary/aromatic N) is 3. The van der Waals surface area contributed by atoms with E-state index in [1.807, 2.05) is 19.1 Å². The summed E-state index contributed by atoms with van der Waals surface area (Å²) in [6, 6.07) is 7.38. The van der Waals surface area contributed by atoms with Crippen LogP contribution in [0.4, 0.5) is 5.82 Å². The molecule has 2 aliphatic heterocycles. The highest BCUT2D eigenvalue weighted by Crippen LogP contribution is 2.34. The number of rotatable bonds is 7. The molecule has 1 saturated heterocycles. The van der Waals surface area contributed by atoms with Gasteiger partial charge in [0.1, 0.15) is 29.8 Å². The van der Waals surface area contributed by atoms with E-state index in [0.29, 0.717) is 48.7 Å². The molecular weight excluding hydrogens is 434 g/mol. The standard InChI is InChI=1S/C25H27N5O4/c1-15-18(3-4-19-21(15)14-34-25(19)32)20-13-30(6-5-22(20)31)12-16(8-26)10-28-24-7-23(33-2)17(9-27)11-29-24/h3-4,7-8,10-11,20,22,26,31H,5-6,12-14H2,1-2H3,(H,28,29)/b16-10+,26-8?/t20-,22+/m0/s1. The fourth-order valence-electron chi connectivity index (χ4n) is 4.55. The van der Waals surface area contributed by atoms with Gasteiger partial charge in [-0.1, -0.05) is 6.07 Å². The molecule has 0 unspecified atom stereocenters. The number of hydrogen-bond donors (Lipinski definition) is 3. The van der Waals surface area contributed by atoms with E-state index < -0.39 is 6.10 Å². The van der Waals surface area contributed by atoms with Crippen molar-refractivity contribution in [2.45, 2.75) is 32.0 Å². The lowest BCUT2D eigenvalue weighted by Crippen LogP contribution is -2.43. The molecule has 0 aliphatic carbocycles. The summed E-state index contributed by atoms with van der Waals surface area (Å²) in [4.78, 5) is 18.3. The topological polar surface area (TPSA) is 132 Å². The number of carbonyl (C=O) groups is 1. The molecule has 9 heteroatoms. The maximum atomic E-state index is 11.9. The van der Waals surface area contributed by atoms with Crippen molar-refractivity contribution in [2.24, 2.45) is 0 Å². The zero-order valence-corrected chi connectivity index (χ0v) is 19.2. The highest BCUT2D eigenvalue weighted by molar-refractivity contribution is 5.94. The summed E-state index contributed by atoms with van der Waals surface area (Å²) in [7, 11) is 1.49. The predicted molar refractivity (Wildman–Crippen MR) is 126 cm³/mol. The number of aliphatic hydroxyl groups excluding tert-OH is 1. The zero-order valence-electron chi connectivity index (χ0n) is 19.2. The Morgan fingerprint density at radius 3 is 3.06 bits per heavy atom. The van der Waals surface area contributed by atoms with Gasteiger partial charge in [0.25, 0.3) is 0 Å². The lowest BCUT2D eigenvalue weighted by atomic mass is 9.83. The SMILES string of the molecule is COc1cc(N/C=C(\C=N)CN2CC[C@@H](O)[C@H](c3ccc4c(c3C)COC4=O)C2)ncc1C#N. The molecule has 2 atom stereocenters. The first-order valence-electron chi connectivity index (χ1n) is 11.0. The minimum atomic E-state index is -0.480. The first-order valence-corrected chi connectivity index (χ1v) is 11.0. The maximum absolute atomic E-state index is 11.9. The number of carbonyl (C=O) groups excluding carboxylic acids is 1. The number of esters is 1. The molecule has 0 bridgehead atoms. The third kappa shape index (κ3) is 4.64. The number of aliphatic hydroxyl groups is 1. The van der Waals surface area contributed by atoms with Crippen molar-refractivity contribution in [3.63, 3.8) is 0 Å². The van der Waals surface area contributed by atoms with Crippen LogP contribution >= 0.6 is 0 Å². The Morgan fingerprint density at radius 1 is 1.50 bits per heavy atom. The van der Waals surface area contributed by atoms with Crippen LogP contribution in [0.5, 0.6) is 5.75 Å². The van der Waals surface area contributed by atoms with Gasteiger partial charge in [-0.15, -0.1) is 0 Å². The van der Waals surface area contributed by atoms with E-state index in [9.17, 15) is 9.90 Å². The van der Waals surface area contributed by atoms with E-state index in [2.05, 4.69) is 15.2 Å². The Labute approximate surface area is 198 Å². The number of cyclic esters (lactones) is 1.